The van der Waals surface area contributed by atoms with Crippen LogP contribution in [0.5, 0.6) is 0 Å². The standard InChI is InChI=1S/C37H39F2N3O3S/c1-36(2,3)23-14-22(15-24(16-23)37(4,5)6)34-27-18-40-33-32(27)28(19-41(7)35(33)43)26-13-21(20-46(8,44)45)9-11-30(26)42(34)31-12-10-25(38)17-29(31)39/h9-19,34,40H,20H2,1-8H3. The van der Waals surface area contributed by atoms with Crippen LogP contribution in [0.2, 0.25) is 0 Å². The number of fused-ring (bicyclic) bond motifs is 2. The zero-order chi connectivity index (χ0) is 33.5. The fraction of sp³-hybridized carbons (Fsp3) is 0.324. The van der Waals surface area contributed by atoms with Gasteiger partial charge < -0.3 is 14.5 Å². The highest BCUT2D eigenvalue weighted by Crippen LogP contribution is 2.51. The van der Waals surface area contributed by atoms with Gasteiger partial charge in [0.2, 0.25) is 0 Å². The van der Waals surface area contributed by atoms with Crippen LogP contribution >= 0.6 is 0 Å². The molecule has 0 spiro atoms. The Morgan fingerprint density at radius 3 is 2.07 bits per heavy atom. The van der Waals surface area contributed by atoms with Crippen molar-refractivity contribution in [2.24, 2.45) is 7.05 Å². The SMILES string of the molecule is Cn1cc2c3c(c[nH]c3c1=O)C(c1cc(C(C)(C)C)cc(C(C)(C)C)c1)N(c1ccc(F)cc1F)c1ccc(CS(C)(=O)=O)cc1-2. The molecule has 0 saturated heterocycles. The van der Waals surface area contributed by atoms with Crippen molar-refractivity contribution in [3.05, 3.63) is 117 Å². The maximum atomic E-state index is 16.0. The van der Waals surface area contributed by atoms with Gasteiger partial charge in [0.25, 0.3) is 5.56 Å². The molecule has 0 fully saturated rings. The summed E-state index contributed by atoms with van der Waals surface area (Å²) in [6, 6.07) is 14.7. The second kappa shape index (κ2) is 10.7. The predicted octanol–water partition coefficient (Wildman–Crippen LogP) is 8.19. The van der Waals surface area contributed by atoms with Gasteiger partial charge >= 0.3 is 0 Å². The van der Waals surface area contributed by atoms with Crippen LogP contribution in [0.15, 0.2) is 71.8 Å². The first-order valence-corrected chi connectivity index (χ1v) is 17.3. The van der Waals surface area contributed by atoms with Crippen molar-refractivity contribution in [1.82, 2.24) is 9.55 Å². The van der Waals surface area contributed by atoms with E-state index in [1.165, 1.54) is 23.0 Å². The fourth-order valence-corrected chi connectivity index (χ4v) is 7.22. The van der Waals surface area contributed by atoms with E-state index in [-0.39, 0.29) is 27.8 Å². The maximum Gasteiger partial charge on any atom is 0.274 e. The highest BCUT2D eigenvalue weighted by atomic mass is 32.2. The molecule has 240 valence electrons. The molecule has 0 radical (unpaired) electrons. The van der Waals surface area contributed by atoms with Crippen molar-refractivity contribution in [2.75, 3.05) is 11.2 Å². The van der Waals surface area contributed by atoms with Gasteiger partial charge in [0.05, 0.1) is 23.2 Å². The number of halogens is 2. The molecule has 6 nitrogen and oxygen atoms in total. The summed E-state index contributed by atoms with van der Waals surface area (Å²) in [6.07, 6.45) is 4.73. The minimum atomic E-state index is -3.37. The van der Waals surface area contributed by atoms with Crippen molar-refractivity contribution in [2.45, 2.75) is 64.2 Å². The molecule has 2 aromatic heterocycles. The monoisotopic (exact) mass is 643 g/mol. The normalized spacial score (nSPS) is 15.3. The highest BCUT2D eigenvalue weighted by molar-refractivity contribution is 7.89. The summed E-state index contributed by atoms with van der Waals surface area (Å²) < 4.78 is 56.6. The third kappa shape index (κ3) is 5.55. The molecule has 3 heterocycles. The lowest BCUT2D eigenvalue weighted by Gasteiger charge is -2.36. The number of rotatable bonds is 4. The number of pyridine rings is 1. The van der Waals surface area contributed by atoms with E-state index in [2.05, 4.69) is 64.7 Å². The van der Waals surface area contributed by atoms with Crippen molar-refractivity contribution < 1.29 is 17.2 Å². The number of anilines is 2. The Balaban J connectivity index is 1.80. The van der Waals surface area contributed by atoms with Crippen LogP contribution in [0.4, 0.5) is 20.2 Å². The van der Waals surface area contributed by atoms with Crippen molar-refractivity contribution in [1.29, 1.82) is 0 Å². The van der Waals surface area contributed by atoms with Crippen LogP contribution in [0.1, 0.15) is 75.4 Å². The number of hydrogen-bond acceptors (Lipinski definition) is 4. The van der Waals surface area contributed by atoms with E-state index in [1.807, 2.05) is 4.90 Å². The molecule has 1 atom stereocenters. The van der Waals surface area contributed by atoms with Gasteiger partial charge in [-0.1, -0.05) is 65.8 Å². The first-order chi connectivity index (χ1) is 21.3. The largest absolute Gasteiger partial charge is 0.356 e. The summed E-state index contributed by atoms with van der Waals surface area (Å²) in [5.74, 6) is -1.63. The van der Waals surface area contributed by atoms with Gasteiger partial charge in [-0.05, 0) is 57.3 Å². The Morgan fingerprint density at radius 2 is 1.48 bits per heavy atom. The van der Waals surface area contributed by atoms with E-state index in [0.29, 0.717) is 33.3 Å². The lowest BCUT2D eigenvalue weighted by atomic mass is 9.78. The van der Waals surface area contributed by atoms with Crippen LogP contribution in [0.3, 0.4) is 0 Å². The number of nitrogens with zero attached hydrogens (tertiary/aromatic N) is 2. The molecule has 3 aromatic carbocycles. The van der Waals surface area contributed by atoms with E-state index in [9.17, 15) is 17.6 Å². The summed E-state index contributed by atoms with van der Waals surface area (Å²) in [5.41, 5.74) is 6.20. The van der Waals surface area contributed by atoms with Gasteiger partial charge in [-0.15, -0.1) is 0 Å². The van der Waals surface area contributed by atoms with Gasteiger partial charge in [0.1, 0.15) is 17.2 Å². The fourth-order valence-electron chi connectivity index (χ4n) is 6.44. The van der Waals surface area contributed by atoms with Gasteiger partial charge in [-0.2, -0.15) is 0 Å². The summed E-state index contributed by atoms with van der Waals surface area (Å²) in [6.45, 7) is 12.9. The van der Waals surface area contributed by atoms with Gasteiger partial charge in [0, 0.05) is 53.8 Å². The number of aromatic nitrogens is 2. The molecule has 5 aromatic rings. The smallest absolute Gasteiger partial charge is 0.274 e. The Morgan fingerprint density at radius 1 is 0.848 bits per heavy atom. The van der Waals surface area contributed by atoms with Crippen LogP contribution in [-0.2, 0) is 33.5 Å². The molecule has 9 heteroatoms. The quantitative estimate of drug-likeness (QED) is 0.214. The molecule has 0 amide bonds. The van der Waals surface area contributed by atoms with E-state index < -0.39 is 27.5 Å². The third-order valence-corrected chi connectivity index (χ3v) is 9.66. The van der Waals surface area contributed by atoms with E-state index >= 15 is 4.39 Å². The predicted molar refractivity (Wildman–Crippen MR) is 182 cm³/mol. The van der Waals surface area contributed by atoms with Crippen molar-refractivity contribution in [3.63, 3.8) is 0 Å². The van der Waals surface area contributed by atoms with Crippen LogP contribution in [0, 0.1) is 11.6 Å². The lowest BCUT2D eigenvalue weighted by Crippen LogP contribution is -2.27. The summed E-state index contributed by atoms with van der Waals surface area (Å²) in [5, 5.41) is 0.675. The molecular formula is C37H39F2N3O3S. The molecular weight excluding hydrogens is 604 g/mol. The number of aromatic amines is 1. The Labute approximate surface area is 268 Å². The first-order valence-electron chi connectivity index (χ1n) is 15.3. The van der Waals surface area contributed by atoms with Gasteiger partial charge in [-0.3, -0.25) is 4.79 Å². The summed E-state index contributed by atoms with van der Waals surface area (Å²) in [7, 11) is -1.71. The average molecular weight is 644 g/mol. The highest BCUT2D eigenvalue weighted by Gasteiger charge is 2.36. The number of H-pyrrole nitrogens is 1. The number of sulfone groups is 1. The van der Waals surface area contributed by atoms with Crippen LogP contribution < -0.4 is 10.5 Å². The molecule has 0 aliphatic carbocycles. The van der Waals surface area contributed by atoms with Crippen molar-refractivity contribution >= 4 is 32.1 Å². The molecule has 1 aliphatic rings. The average Bonchev–Trinajstić information content (AvgIpc) is 3.33. The molecule has 46 heavy (non-hydrogen) atoms. The van der Waals surface area contributed by atoms with Gasteiger partial charge in [0.15, 0.2) is 9.84 Å². The first kappa shape index (κ1) is 31.7. The minimum Gasteiger partial charge on any atom is -0.356 e. The molecule has 0 saturated carbocycles. The number of aryl methyl sites for hydroxylation is 1. The van der Waals surface area contributed by atoms with Crippen LogP contribution in [-0.4, -0.2) is 24.2 Å². The maximum absolute atomic E-state index is 16.0. The summed E-state index contributed by atoms with van der Waals surface area (Å²) in [4.78, 5) is 18.6. The Hall–Kier alpha value is -4.24. The zero-order valence-corrected chi connectivity index (χ0v) is 28.2. The van der Waals surface area contributed by atoms with E-state index in [0.717, 1.165) is 28.3 Å². The summed E-state index contributed by atoms with van der Waals surface area (Å²) >= 11 is 0. The van der Waals surface area contributed by atoms with Crippen molar-refractivity contribution in [3.8, 4) is 11.1 Å². The second-order valence-corrected chi connectivity index (χ2v) is 16.7. The Kier molecular flexibility index (Phi) is 7.35. The molecule has 1 aliphatic heterocycles. The minimum absolute atomic E-state index is 0.149. The molecule has 1 N–H and O–H groups in total. The van der Waals surface area contributed by atoms with Gasteiger partial charge in [-0.25, -0.2) is 17.2 Å². The molecule has 0 bridgehead atoms. The Bertz CT molecular complexity index is 2170. The molecule has 1 unspecified atom stereocenters. The topological polar surface area (TPSA) is 75.2 Å². The number of nitrogens with one attached hydrogen (secondary N) is 1. The molecule has 6 rings (SSSR count). The van der Waals surface area contributed by atoms with E-state index in [1.54, 1.807) is 37.6 Å². The number of hydrogen-bond donors (Lipinski definition) is 1. The zero-order valence-electron chi connectivity index (χ0n) is 27.4. The second-order valence-electron chi connectivity index (χ2n) is 14.6. The number of benzene rings is 3. The van der Waals surface area contributed by atoms with E-state index in [4.69, 9.17) is 0 Å². The van der Waals surface area contributed by atoms with Crippen LogP contribution in [0.25, 0.3) is 22.0 Å². The lowest BCUT2D eigenvalue weighted by molar-refractivity contribution is 0.564. The third-order valence-electron chi connectivity index (χ3n) is 8.80.